The van der Waals surface area contributed by atoms with Crippen LogP contribution < -0.4 is 0 Å². The zero-order valence-electron chi connectivity index (χ0n) is 9.20. The van der Waals surface area contributed by atoms with Gasteiger partial charge in [0, 0.05) is 25.4 Å². The molecule has 0 aromatic carbocycles. The van der Waals surface area contributed by atoms with Gasteiger partial charge in [0.2, 0.25) is 0 Å². The Balaban J connectivity index is 2.30. The summed E-state index contributed by atoms with van der Waals surface area (Å²) in [5.74, 6) is 3.74. The van der Waals surface area contributed by atoms with Gasteiger partial charge in [-0.05, 0) is 24.3 Å². The van der Waals surface area contributed by atoms with E-state index in [1.54, 1.807) is 0 Å². The molecule has 0 unspecified atom stereocenters. The molecule has 1 rings (SSSR count). The van der Waals surface area contributed by atoms with Crippen LogP contribution in [0.3, 0.4) is 0 Å². The Morgan fingerprint density at radius 1 is 1.43 bits per heavy atom. The fourth-order valence-corrected chi connectivity index (χ4v) is 2.10. The van der Waals surface area contributed by atoms with Crippen LogP contribution in [0.2, 0.25) is 0 Å². The summed E-state index contributed by atoms with van der Waals surface area (Å²) in [6.07, 6.45) is 7.56. The second-order valence-corrected chi connectivity index (χ2v) is 4.73. The Hall–Kier alpha value is -0.440. The maximum absolute atomic E-state index is 4.36. The smallest absolute Gasteiger partial charge is 0.108 e. The van der Waals surface area contributed by atoms with Crippen molar-refractivity contribution >= 4 is 11.8 Å². The van der Waals surface area contributed by atoms with Crippen molar-refractivity contribution in [3.63, 3.8) is 0 Å². The lowest BCUT2D eigenvalue weighted by Crippen LogP contribution is -2.03. The molecule has 1 aromatic rings. The minimum atomic E-state index is 1.11. The molecule has 1 aromatic heterocycles. The molecule has 0 amide bonds. The van der Waals surface area contributed by atoms with Crippen molar-refractivity contribution in [3.8, 4) is 0 Å². The average Bonchev–Trinajstić information content (AvgIpc) is 2.61. The standard InChI is InChI=1S/C11H20N2S/c1-3-6-11-12-7-9-13(11)8-5-10-14-4-2/h7,9H,3-6,8,10H2,1-2H3. The van der Waals surface area contributed by atoms with Crippen LogP contribution in [0.1, 0.15) is 32.5 Å². The monoisotopic (exact) mass is 212 g/mol. The number of rotatable bonds is 7. The van der Waals surface area contributed by atoms with Crippen LogP contribution in [0.4, 0.5) is 0 Å². The molecule has 2 nitrogen and oxygen atoms in total. The number of hydrogen-bond donors (Lipinski definition) is 0. The first-order valence-corrected chi connectivity index (χ1v) is 6.61. The van der Waals surface area contributed by atoms with Crippen molar-refractivity contribution in [2.45, 2.75) is 39.7 Å². The number of thioether (sulfide) groups is 1. The van der Waals surface area contributed by atoms with Crippen molar-refractivity contribution in [3.05, 3.63) is 18.2 Å². The number of aryl methyl sites for hydroxylation is 2. The SMILES string of the molecule is CCCc1nccn1CCCSCC. The van der Waals surface area contributed by atoms with Crippen molar-refractivity contribution in [1.29, 1.82) is 0 Å². The molecule has 0 saturated heterocycles. The summed E-state index contributed by atoms with van der Waals surface area (Å²) in [5.41, 5.74) is 0. The van der Waals surface area contributed by atoms with E-state index >= 15 is 0 Å². The molecular weight excluding hydrogens is 192 g/mol. The zero-order valence-corrected chi connectivity index (χ0v) is 10.0. The van der Waals surface area contributed by atoms with E-state index in [1.165, 1.54) is 30.2 Å². The molecule has 0 aliphatic carbocycles. The predicted molar refractivity (Wildman–Crippen MR) is 63.8 cm³/mol. The molecule has 0 aliphatic heterocycles. The molecule has 80 valence electrons. The van der Waals surface area contributed by atoms with E-state index in [0.29, 0.717) is 0 Å². The van der Waals surface area contributed by atoms with Crippen molar-refractivity contribution in [2.75, 3.05) is 11.5 Å². The molecule has 0 atom stereocenters. The maximum atomic E-state index is 4.36. The van der Waals surface area contributed by atoms with Gasteiger partial charge in [0.05, 0.1) is 0 Å². The fourth-order valence-electron chi connectivity index (χ4n) is 1.48. The summed E-state index contributed by atoms with van der Waals surface area (Å²) in [7, 11) is 0. The second kappa shape index (κ2) is 6.93. The Kier molecular flexibility index (Phi) is 5.76. The van der Waals surface area contributed by atoms with E-state index in [4.69, 9.17) is 0 Å². The van der Waals surface area contributed by atoms with E-state index in [0.717, 1.165) is 13.0 Å². The highest BCUT2D eigenvalue weighted by molar-refractivity contribution is 7.99. The summed E-state index contributed by atoms with van der Waals surface area (Å²) in [6.45, 7) is 5.54. The molecule has 3 heteroatoms. The lowest BCUT2D eigenvalue weighted by atomic mass is 10.3. The predicted octanol–water partition coefficient (Wildman–Crippen LogP) is 2.98. The molecule has 0 fully saturated rings. The van der Waals surface area contributed by atoms with E-state index in [2.05, 4.69) is 29.6 Å². The third-order valence-corrected chi connectivity index (χ3v) is 3.15. The van der Waals surface area contributed by atoms with Crippen molar-refractivity contribution in [2.24, 2.45) is 0 Å². The second-order valence-electron chi connectivity index (χ2n) is 3.34. The van der Waals surface area contributed by atoms with Gasteiger partial charge in [0.1, 0.15) is 5.82 Å². The summed E-state index contributed by atoms with van der Waals surface area (Å²) < 4.78 is 2.29. The zero-order chi connectivity index (χ0) is 10.2. The highest BCUT2D eigenvalue weighted by Gasteiger charge is 2.00. The molecule has 14 heavy (non-hydrogen) atoms. The number of nitrogens with zero attached hydrogens (tertiary/aromatic N) is 2. The Bertz CT molecular complexity index is 245. The Morgan fingerprint density at radius 3 is 3.00 bits per heavy atom. The first-order valence-electron chi connectivity index (χ1n) is 5.46. The van der Waals surface area contributed by atoms with Gasteiger partial charge >= 0.3 is 0 Å². The van der Waals surface area contributed by atoms with Crippen molar-refractivity contribution < 1.29 is 0 Å². The minimum Gasteiger partial charge on any atom is -0.335 e. The van der Waals surface area contributed by atoms with Gasteiger partial charge in [0.25, 0.3) is 0 Å². The number of hydrogen-bond acceptors (Lipinski definition) is 2. The molecule has 1 heterocycles. The Labute approximate surface area is 91.1 Å². The van der Waals surface area contributed by atoms with Crippen LogP contribution in [0.5, 0.6) is 0 Å². The summed E-state index contributed by atoms with van der Waals surface area (Å²) >= 11 is 2.02. The molecule has 0 saturated carbocycles. The summed E-state index contributed by atoms with van der Waals surface area (Å²) in [5, 5.41) is 0. The van der Waals surface area contributed by atoms with Gasteiger partial charge in [-0.15, -0.1) is 0 Å². The largest absolute Gasteiger partial charge is 0.335 e. The maximum Gasteiger partial charge on any atom is 0.108 e. The van der Waals surface area contributed by atoms with Crippen LogP contribution >= 0.6 is 11.8 Å². The fraction of sp³-hybridized carbons (Fsp3) is 0.727. The molecular formula is C11H20N2S. The highest BCUT2D eigenvalue weighted by Crippen LogP contribution is 2.06. The van der Waals surface area contributed by atoms with Gasteiger partial charge in [-0.2, -0.15) is 11.8 Å². The first-order chi connectivity index (χ1) is 6.88. The van der Waals surface area contributed by atoms with Crippen LogP contribution in [0.15, 0.2) is 12.4 Å². The first kappa shape index (κ1) is 11.6. The van der Waals surface area contributed by atoms with E-state index in [-0.39, 0.29) is 0 Å². The van der Waals surface area contributed by atoms with Gasteiger partial charge in [-0.1, -0.05) is 13.8 Å². The molecule has 0 bridgehead atoms. The topological polar surface area (TPSA) is 17.8 Å². The van der Waals surface area contributed by atoms with Crippen LogP contribution in [-0.4, -0.2) is 21.1 Å². The normalized spacial score (nSPS) is 10.7. The van der Waals surface area contributed by atoms with Crippen molar-refractivity contribution in [1.82, 2.24) is 9.55 Å². The van der Waals surface area contributed by atoms with Crippen LogP contribution in [-0.2, 0) is 13.0 Å². The quantitative estimate of drug-likeness (QED) is 0.647. The van der Waals surface area contributed by atoms with E-state index in [1.807, 2.05) is 18.0 Å². The highest BCUT2D eigenvalue weighted by atomic mass is 32.2. The van der Waals surface area contributed by atoms with Gasteiger partial charge in [0.15, 0.2) is 0 Å². The van der Waals surface area contributed by atoms with Gasteiger partial charge < -0.3 is 4.57 Å². The van der Waals surface area contributed by atoms with Crippen LogP contribution in [0, 0.1) is 0 Å². The van der Waals surface area contributed by atoms with Crippen LogP contribution in [0.25, 0.3) is 0 Å². The van der Waals surface area contributed by atoms with Gasteiger partial charge in [-0.3, -0.25) is 0 Å². The van der Waals surface area contributed by atoms with Gasteiger partial charge in [-0.25, -0.2) is 4.98 Å². The summed E-state index contributed by atoms with van der Waals surface area (Å²) in [6, 6.07) is 0. The molecule has 0 spiro atoms. The third-order valence-electron chi connectivity index (χ3n) is 2.17. The molecule has 0 N–H and O–H groups in total. The lowest BCUT2D eigenvalue weighted by Gasteiger charge is -2.06. The Morgan fingerprint density at radius 2 is 2.29 bits per heavy atom. The number of imidazole rings is 1. The minimum absolute atomic E-state index is 1.11. The average molecular weight is 212 g/mol. The van der Waals surface area contributed by atoms with E-state index < -0.39 is 0 Å². The molecule has 0 radical (unpaired) electrons. The lowest BCUT2D eigenvalue weighted by molar-refractivity contribution is 0.634. The number of aromatic nitrogens is 2. The van der Waals surface area contributed by atoms with E-state index in [9.17, 15) is 0 Å². The third kappa shape index (κ3) is 3.74. The molecule has 0 aliphatic rings. The summed E-state index contributed by atoms with van der Waals surface area (Å²) in [4.78, 5) is 4.36.